The average molecular weight is 384 g/mol. The second-order valence-corrected chi connectivity index (χ2v) is 8.86. The third-order valence-corrected chi connectivity index (χ3v) is 6.94. The summed E-state index contributed by atoms with van der Waals surface area (Å²) >= 11 is 0. The van der Waals surface area contributed by atoms with Crippen LogP contribution in [0.25, 0.3) is 11.0 Å². The lowest BCUT2D eigenvalue weighted by Gasteiger charge is -2.26. The van der Waals surface area contributed by atoms with Gasteiger partial charge in [-0.1, -0.05) is 6.42 Å². The van der Waals surface area contributed by atoms with Gasteiger partial charge in [0.1, 0.15) is 5.65 Å². The number of piperidine rings is 1. The van der Waals surface area contributed by atoms with Gasteiger partial charge in [-0.15, -0.1) is 0 Å². The van der Waals surface area contributed by atoms with Crippen LogP contribution in [0.15, 0.2) is 4.79 Å². The monoisotopic (exact) mass is 383 g/mol. The number of H-pyrrole nitrogens is 1. The van der Waals surface area contributed by atoms with Crippen LogP contribution in [0.4, 0.5) is 0 Å². The van der Waals surface area contributed by atoms with Gasteiger partial charge in [-0.25, -0.2) is 4.68 Å². The molecule has 152 valence electrons. The summed E-state index contributed by atoms with van der Waals surface area (Å²) < 4.78 is 2.10. The number of pyridine rings is 1. The molecule has 2 aromatic rings. The first-order valence-corrected chi connectivity index (χ1v) is 11.4. The number of aromatic nitrogens is 3. The Balaban J connectivity index is 1.48. The van der Waals surface area contributed by atoms with E-state index in [2.05, 4.69) is 19.9 Å². The molecule has 2 N–H and O–H groups in total. The quantitative estimate of drug-likeness (QED) is 0.833. The molecule has 0 spiro atoms. The van der Waals surface area contributed by atoms with Crippen LogP contribution in [-0.2, 0) is 19.4 Å². The summed E-state index contributed by atoms with van der Waals surface area (Å²) in [4.78, 5) is 18.6. The molecule has 0 radical (unpaired) electrons. The highest BCUT2D eigenvalue weighted by molar-refractivity contribution is 5.84. The number of nitrogens with zero attached hydrogens (tertiary/aromatic N) is 3. The van der Waals surface area contributed by atoms with E-state index in [0.717, 1.165) is 62.9 Å². The lowest BCUT2D eigenvalue weighted by molar-refractivity contribution is 0.222. The van der Waals surface area contributed by atoms with Crippen LogP contribution in [0.1, 0.15) is 74.2 Å². The third kappa shape index (κ3) is 3.41. The van der Waals surface area contributed by atoms with Crippen LogP contribution in [0.2, 0.25) is 0 Å². The van der Waals surface area contributed by atoms with Gasteiger partial charge in [-0.3, -0.25) is 4.79 Å². The fraction of sp³-hybridized carbons (Fsp3) is 0.727. The first-order chi connectivity index (χ1) is 13.8. The molecular weight excluding hydrogens is 350 g/mol. The summed E-state index contributed by atoms with van der Waals surface area (Å²) in [5.74, 6) is 0. The molecule has 0 saturated carbocycles. The van der Waals surface area contributed by atoms with Crippen molar-refractivity contribution in [2.75, 3.05) is 26.2 Å². The fourth-order valence-electron chi connectivity index (χ4n) is 5.47. The Morgan fingerprint density at radius 3 is 2.57 bits per heavy atom. The summed E-state index contributed by atoms with van der Waals surface area (Å²) in [6.45, 7) is 5.56. The fourth-order valence-corrected chi connectivity index (χ4v) is 5.47. The minimum Gasteiger partial charge on any atom is -0.309 e. The number of likely N-dealkylation sites (tertiary alicyclic amines) is 1. The molecule has 2 saturated heterocycles. The van der Waals surface area contributed by atoms with Crippen molar-refractivity contribution in [3.8, 4) is 0 Å². The van der Waals surface area contributed by atoms with Gasteiger partial charge in [0.25, 0.3) is 5.56 Å². The molecule has 2 fully saturated rings. The van der Waals surface area contributed by atoms with E-state index >= 15 is 0 Å². The van der Waals surface area contributed by atoms with Crippen molar-refractivity contribution in [2.24, 2.45) is 0 Å². The van der Waals surface area contributed by atoms with Crippen molar-refractivity contribution in [3.05, 3.63) is 27.2 Å². The van der Waals surface area contributed by atoms with E-state index in [9.17, 15) is 4.79 Å². The minimum absolute atomic E-state index is 0.116. The van der Waals surface area contributed by atoms with Crippen LogP contribution in [-0.4, -0.2) is 45.8 Å². The first-order valence-electron chi connectivity index (χ1n) is 11.4. The van der Waals surface area contributed by atoms with E-state index in [1.807, 2.05) is 0 Å². The number of hydrogen-bond donors (Lipinski definition) is 2. The Hall–Kier alpha value is -1.66. The van der Waals surface area contributed by atoms with E-state index < -0.39 is 0 Å². The minimum atomic E-state index is 0.116. The lowest BCUT2D eigenvalue weighted by Crippen LogP contribution is -2.31. The van der Waals surface area contributed by atoms with Crippen LogP contribution in [0, 0.1) is 0 Å². The molecule has 3 aliphatic rings. The first kappa shape index (κ1) is 18.4. The molecule has 5 rings (SSSR count). The number of fused-ring (bicyclic) bond motifs is 3. The summed E-state index contributed by atoms with van der Waals surface area (Å²) in [7, 11) is 0. The average Bonchev–Trinajstić information content (AvgIpc) is 3.38. The molecule has 2 aliphatic heterocycles. The maximum Gasteiger partial charge on any atom is 0.253 e. The Bertz CT molecular complexity index is 886. The Labute approximate surface area is 166 Å². The summed E-state index contributed by atoms with van der Waals surface area (Å²) in [5.41, 5.74) is 4.57. The van der Waals surface area contributed by atoms with Crippen LogP contribution >= 0.6 is 0 Å². The maximum atomic E-state index is 12.8. The molecule has 0 bridgehead atoms. The van der Waals surface area contributed by atoms with Gasteiger partial charge in [0, 0.05) is 17.5 Å². The molecule has 0 amide bonds. The largest absolute Gasteiger partial charge is 0.309 e. The molecule has 0 aromatic carbocycles. The highest BCUT2D eigenvalue weighted by atomic mass is 16.1. The van der Waals surface area contributed by atoms with Gasteiger partial charge < -0.3 is 15.2 Å². The summed E-state index contributed by atoms with van der Waals surface area (Å²) in [5, 5.41) is 9.96. The van der Waals surface area contributed by atoms with Crippen molar-refractivity contribution < 1.29 is 0 Å². The molecule has 6 heteroatoms. The number of nitrogens with one attached hydrogen (secondary N) is 2. The number of aromatic amines is 1. The van der Waals surface area contributed by atoms with Gasteiger partial charge >= 0.3 is 0 Å². The molecule has 1 unspecified atom stereocenters. The van der Waals surface area contributed by atoms with Crippen LogP contribution in [0.3, 0.4) is 0 Å². The third-order valence-electron chi connectivity index (χ3n) is 6.94. The molecule has 6 nitrogen and oxygen atoms in total. The van der Waals surface area contributed by atoms with E-state index in [-0.39, 0.29) is 5.56 Å². The van der Waals surface area contributed by atoms with Crippen LogP contribution < -0.4 is 10.9 Å². The van der Waals surface area contributed by atoms with Crippen molar-refractivity contribution in [3.63, 3.8) is 0 Å². The maximum absolute atomic E-state index is 12.8. The molecule has 1 aliphatic carbocycles. The van der Waals surface area contributed by atoms with Gasteiger partial charge in [0.15, 0.2) is 0 Å². The molecular formula is C22H33N5O. The van der Waals surface area contributed by atoms with Gasteiger partial charge in [-0.05, 0) is 89.5 Å². The lowest BCUT2D eigenvalue weighted by atomic mass is 9.89. The topological polar surface area (TPSA) is 66.0 Å². The Morgan fingerprint density at radius 2 is 1.79 bits per heavy atom. The van der Waals surface area contributed by atoms with E-state index in [0.29, 0.717) is 6.04 Å². The smallest absolute Gasteiger partial charge is 0.253 e. The summed E-state index contributed by atoms with van der Waals surface area (Å²) in [6.07, 6.45) is 11.7. The Kier molecular flexibility index (Phi) is 5.24. The van der Waals surface area contributed by atoms with Crippen molar-refractivity contribution in [1.29, 1.82) is 0 Å². The number of aryl methyl sites for hydroxylation is 2. The highest BCUT2D eigenvalue weighted by Gasteiger charge is 2.28. The predicted octanol–water partition coefficient (Wildman–Crippen LogP) is 2.90. The molecule has 4 heterocycles. The molecule has 2 aromatic heterocycles. The molecule has 1 atom stereocenters. The van der Waals surface area contributed by atoms with E-state index in [1.54, 1.807) is 0 Å². The van der Waals surface area contributed by atoms with Gasteiger partial charge in [0.2, 0.25) is 0 Å². The highest BCUT2D eigenvalue weighted by Crippen LogP contribution is 2.33. The number of rotatable bonds is 5. The SMILES string of the molecule is O=c1[nH]c2c(c(C3CCCN3)nn2CCCN2CCCCC2)c2c1CCCC2. The normalized spacial score (nSPS) is 23.4. The number of hydrogen-bond acceptors (Lipinski definition) is 4. The van der Waals surface area contributed by atoms with Crippen molar-refractivity contribution in [2.45, 2.75) is 76.8 Å². The Morgan fingerprint density at radius 1 is 0.964 bits per heavy atom. The standard InChI is InChI=1S/C22H33N5O/c28-22-17-9-3-2-8-16(17)19-20(18-10-6-11-23-18)25-27(21(19)24-22)15-7-14-26-12-4-1-5-13-26/h18,23H,1-15H2,(H,24,28). The van der Waals surface area contributed by atoms with Crippen molar-refractivity contribution in [1.82, 2.24) is 25.0 Å². The van der Waals surface area contributed by atoms with E-state index in [1.165, 1.54) is 61.8 Å². The zero-order valence-corrected chi connectivity index (χ0v) is 16.9. The van der Waals surface area contributed by atoms with E-state index in [4.69, 9.17) is 5.10 Å². The molecule has 28 heavy (non-hydrogen) atoms. The zero-order valence-electron chi connectivity index (χ0n) is 16.9. The summed E-state index contributed by atoms with van der Waals surface area (Å²) in [6, 6.07) is 0.336. The second kappa shape index (κ2) is 7.99. The predicted molar refractivity (Wildman–Crippen MR) is 112 cm³/mol. The second-order valence-electron chi connectivity index (χ2n) is 8.86. The van der Waals surface area contributed by atoms with Gasteiger partial charge in [0.05, 0.1) is 11.7 Å². The zero-order chi connectivity index (χ0) is 18.9. The van der Waals surface area contributed by atoms with Crippen molar-refractivity contribution >= 4 is 11.0 Å². The van der Waals surface area contributed by atoms with Gasteiger partial charge in [-0.2, -0.15) is 5.10 Å². The van der Waals surface area contributed by atoms with Crippen LogP contribution in [0.5, 0.6) is 0 Å².